The molecule has 0 bridgehead atoms. The summed E-state index contributed by atoms with van der Waals surface area (Å²) < 4.78 is 45.6. The lowest BCUT2D eigenvalue weighted by molar-refractivity contribution is -0.274. The molecular weight excluding hydrogens is 413 g/mol. The van der Waals surface area contributed by atoms with Crippen LogP contribution in [-0.2, 0) is 9.59 Å². The number of methoxy groups -OCH3 is 1. The van der Waals surface area contributed by atoms with Crippen LogP contribution in [-0.4, -0.2) is 31.3 Å². The number of hydrogen-bond acceptors (Lipinski definition) is 4. The van der Waals surface area contributed by atoms with Crippen molar-refractivity contribution in [2.75, 3.05) is 7.11 Å². The van der Waals surface area contributed by atoms with E-state index in [1.54, 1.807) is 44.4 Å². The van der Waals surface area contributed by atoms with Gasteiger partial charge in [0.05, 0.1) is 13.2 Å². The van der Waals surface area contributed by atoms with Gasteiger partial charge in [0.2, 0.25) is 11.8 Å². The zero-order valence-corrected chi connectivity index (χ0v) is 17.2. The molecule has 2 amide bonds. The fourth-order valence-corrected chi connectivity index (χ4v) is 2.59. The Balaban J connectivity index is 1.86. The highest BCUT2D eigenvalue weighted by Gasteiger charge is 2.31. The van der Waals surface area contributed by atoms with Gasteiger partial charge in [0.15, 0.2) is 0 Å². The monoisotopic (exact) mass is 436 g/mol. The Morgan fingerprint density at radius 3 is 2.06 bits per heavy atom. The minimum Gasteiger partial charge on any atom is -0.497 e. The van der Waals surface area contributed by atoms with Crippen LogP contribution in [0.5, 0.6) is 11.5 Å². The number of carbonyl (C=O) groups excluding carboxylic acids is 2. The van der Waals surface area contributed by atoms with Gasteiger partial charge in [-0.25, -0.2) is 0 Å². The van der Waals surface area contributed by atoms with E-state index in [-0.39, 0.29) is 5.75 Å². The summed E-state index contributed by atoms with van der Waals surface area (Å²) in [6.45, 7) is 3.21. The summed E-state index contributed by atoms with van der Waals surface area (Å²) in [6, 6.07) is 11.0. The first-order valence-corrected chi connectivity index (χ1v) is 9.36. The van der Waals surface area contributed by atoms with Gasteiger partial charge < -0.3 is 20.1 Å². The molecule has 0 saturated carbocycles. The number of amides is 2. The van der Waals surface area contributed by atoms with Crippen molar-refractivity contribution in [3.8, 4) is 11.5 Å². The fraction of sp³-hybridized carbons (Fsp3) is 0.273. The standard InChI is InChI=1S/C22H23F3N2O4/c1-14(17-7-11-19(12-8-17)31-22(23,24)25)27-21(29)15(2)26-20(28)13-6-16-4-9-18(30-3)10-5-16/h4-15H,1-3H3,(H,26,28)(H,27,29)/b13-6+. The number of ether oxygens (including phenoxy) is 2. The molecule has 0 radical (unpaired) electrons. The van der Waals surface area contributed by atoms with Crippen molar-refractivity contribution in [2.45, 2.75) is 32.3 Å². The smallest absolute Gasteiger partial charge is 0.497 e. The van der Waals surface area contributed by atoms with Crippen LogP contribution in [0.25, 0.3) is 6.08 Å². The van der Waals surface area contributed by atoms with Gasteiger partial charge >= 0.3 is 6.36 Å². The topological polar surface area (TPSA) is 76.7 Å². The third kappa shape index (κ3) is 8.04. The van der Waals surface area contributed by atoms with Crippen molar-refractivity contribution in [3.05, 3.63) is 65.7 Å². The van der Waals surface area contributed by atoms with Gasteiger partial charge in [0, 0.05) is 6.08 Å². The van der Waals surface area contributed by atoms with E-state index in [9.17, 15) is 22.8 Å². The maximum absolute atomic E-state index is 12.3. The molecule has 166 valence electrons. The molecule has 2 N–H and O–H groups in total. The van der Waals surface area contributed by atoms with E-state index in [0.29, 0.717) is 11.3 Å². The molecule has 0 spiro atoms. The second-order valence-electron chi connectivity index (χ2n) is 6.68. The van der Waals surface area contributed by atoms with Crippen molar-refractivity contribution < 1.29 is 32.2 Å². The summed E-state index contributed by atoms with van der Waals surface area (Å²) in [5.41, 5.74) is 1.38. The summed E-state index contributed by atoms with van der Waals surface area (Å²) in [7, 11) is 1.56. The molecule has 2 rings (SSSR count). The third-order valence-corrected chi connectivity index (χ3v) is 4.27. The second kappa shape index (κ2) is 10.5. The highest BCUT2D eigenvalue weighted by molar-refractivity contribution is 5.95. The molecule has 0 aromatic heterocycles. The molecule has 0 aliphatic carbocycles. The van der Waals surface area contributed by atoms with Gasteiger partial charge in [-0.3, -0.25) is 9.59 Å². The van der Waals surface area contributed by atoms with E-state index >= 15 is 0 Å². The largest absolute Gasteiger partial charge is 0.573 e. The summed E-state index contributed by atoms with van der Waals surface area (Å²) >= 11 is 0. The predicted octanol–water partition coefficient (Wildman–Crippen LogP) is 3.99. The van der Waals surface area contributed by atoms with E-state index < -0.39 is 30.3 Å². The van der Waals surface area contributed by atoms with Gasteiger partial charge in [-0.15, -0.1) is 13.2 Å². The number of benzene rings is 2. The van der Waals surface area contributed by atoms with Crippen molar-refractivity contribution in [3.63, 3.8) is 0 Å². The molecular formula is C22H23F3N2O4. The first kappa shape index (κ1) is 23.8. The summed E-state index contributed by atoms with van der Waals surface area (Å²) in [5.74, 6) is -0.531. The van der Waals surface area contributed by atoms with Gasteiger partial charge in [-0.2, -0.15) is 0 Å². The Morgan fingerprint density at radius 2 is 1.52 bits per heavy atom. The minimum atomic E-state index is -4.77. The average Bonchev–Trinajstić information content (AvgIpc) is 2.71. The van der Waals surface area contributed by atoms with Crippen LogP contribution < -0.4 is 20.1 Å². The number of rotatable bonds is 8. The summed E-state index contributed by atoms with van der Waals surface area (Å²) in [5, 5.41) is 5.26. The number of alkyl halides is 3. The normalized spacial score (nSPS) is 13.4. The zero-order chi connectivity index (χ0) is 23.0. The van der Waals surface area contributed by atoms with Crippen molar-refractivity contribution >= 4 is 17.9 Å². The van der Waals surface area contributed by atoms with Crippen LogP contribution in [0.1, 0.15) is 31.0 Å². The molecule has 2 unspecified atom stereocenters. The quantitative estimate of drug-likeness (QED) is 0.614. The number of hydrogen-bond donors (Lipinski definition) is 2. The number of halogens is 3. The van der Waals surface area contributed by atoms with E-state index in [2.05, 4.69) is 15.4 Å². The average molecular weight is 436 g/mol. The van der Waals surface area contributed by atoms with E-state index in [0.717, 1.165) is 5.56 Å². The van der Waals surface area contributed by atoms with Crippen molar-refractivity contribution in [2.24, 2.45) is 0 Å². The Bertz CT molecular complexity index is 910. The lowest BCUT2D eigenvalue weighted by Crippen LogP contribution is -2.45. The molecule has 2 aromatic rings. The minimum absolute atomic E-state index is 0.348. The van der Waals surface area contributed by atoms with Crippen LogP contribution in [0.3, 0.4) is 0 Å². The van der Waals surface area contributed by atoms with Crippen LogP contribution in [0.15, 0.2) is 54.6 Å². The first-order valence-electron chi connectivity index (χ1n) is 9.36. The van der Waals surface area contributed by atoms with Crippen LogP contribution in [0.4, 0.5) is 13.2 Å². The van der Waals surface area contributed by atoms with Crippen molar-refractivity contribution in [1.82, 2.24) is 10.6 Å². The summed E-state index contributed by atoms with van der Waals surface area (Å²) in [4.78, 5) is 24.4. The molecule has 2 atom stereocenters. The molecule has 31 heavy (non-hydrogen) atoms. The van der Waals surface area contributed by atoms with Gasteiger partial charge in [0.25, 0.3) is 0 Å². The van der Waals surface area contributed by atoms with E-state index in [1.807, 2.05) is 0 Å². The maximum atomic E-state index is 12.3. The SMILES string of the molecule is COc1ccc(/C=C/C(=O)NC(C)C(=O)NC(C)c2ccc(OC(F)(F)F)cc2)cc1. The molecule has 0 aliphatic heterocycles. The molecule has 0 heterocycles. The lowest BCUT2D eigenvalue weighted by atomic mass is 10.1. The number of nitrogens with one attached hydrogen (secondary N) is 2. The molecule has 0 fully saturated rings. The van der Waals surface area contributed by atoms with Crippen LogP contribution in [0.2, 0.25) is 0 Å². The zero-order valence-electron chi connectivity index (χ0n) is 17.2. The van der Waals surface area contributed by atoms with E-state index in [1.165, 1.54) is 37.3 Å². The third-order valence-electron chi connectivity index (χ3n) is 4.27. The molecule has 0 saturated heterocycles. The highest BCUT2D eigenvalue weighted by atomic mass is 19.4. The van der Waals surface area contributed by atoms with Gasteiger partial charge in [-0.1, -0.05) is 24.3 Å². The Kier molecular flexibility index (Phi) is 8.07. The first-order chi connectivity index (χ1) is 14.6. The molecule has 2 aromatic carbocycles. The second-order valence-corrected chi connectivity index (χ2v) is 6.68. The highest BCUT2D eigenvalue weighted by Crippen LogP contribution is 2.24. The Labute approximate surface area is 178 Å². The van der Waals surface area contributed by atoms with Gasteiger partial charge in [0.1, 0.15) is 17.5 Å². The van der Waals surface area contributed by atoms with Crippen molar-refractivity contribution in [1.29, 1.82) is 0 Å². The summed E-state index contributed by atoms with van der Waals surface area (Å²) in [6.07, 6.45) is -1.85. The lowest BCUT2D eigenvalue weighted by Gasteiger charge is -2.19. The van der Waals surface area contributed by atoms with Gasteiger partial charge in [-0.05, 0) is 55.3 Å². The van der Waals surface area contributed by atoms with Crippen LogP contribution >= 0.6 is 0 Å². The Morgan fingerprint density at radius 1 is 0.935 bits per heavy atom. The molecule has 6 nitrogen and oxygen atoms in total. The molecule has 0 aliphatic rings. The van der Waals surface area contributed by atoms with E-state index in [4.69, 9.17) is 4.74 Å². The fourth-order valence-electron chi connectivity index (χ4n) is 2.59. The Hall–Kier alpha value is -3.49. The number of carbonyl (C=O) groups is 2. The predicted molar refractivity (Wildman–Crippen MR) is 109 cm³/mol. The molecule has 9 heteroatoms. The maximum Gasteiger partial charge on any atom is 0.573 e. The van der Waals surface area contributed by atoms with Crippen LogP contribution in [0, 0.1) is 0 Å².